The lowest BCUT2D eigenvalue weighted by Crippen LogP contribution is -1.73. The Balaban J connectivity index is -0.000000314. The standard InChI is InChI=1S/2C8H10.C6H6.C4H8.2C2H6/c2*1-2-8-6-4-3-5-7-8;1-2-4-6-5-3-1;1-3-4-2;2*1-2/h2*3-7H,2H2,1H3;1-6H;3-4H,1-2H3;2*1-2H3. The van der Waals surface area contributed by atoms with Crippen LogP contribution in [0.2, 0.25) is 0 Å². The van der Waals surface area contributed by atoms with Crippen LogP contribution in [-0.4, -0.2) is 0 Å². The van der Waals surface area contributed by atoms with E-state index in [0.29, 0.717) is 0 Å². The summed E-state index contributed by atoms with van der Waals surface area (Å²) in [6.45, 7) is 16.3. The Kier molecular flexibility index (Phi) is 33.3. The molecule has 0 saturated heterocycles. The Bertz CT molecular complexity index is 554. The Morgan fingerprint density at radius 3 is 0.767 bits per heavy atom. The monoisotopic (exact) mass is 406 g/mol. The number of benzene rings is 3. The van der Waals surface area contributed by atoms with Crippen molar-refractivity contribution in [3.8, 4) is 0 Å². The van der Waals surface area contributed by atoms with E-state index in [-0.39, 0.29) is 0 Å². The van der Waals surface area contributed by atoms with E-state index in [4.69, 9.17) is 0 Å². The lowest BCUT2D eigenvalue weighted by molar-refractivity contribution is 1.14. The fourth-order valence-corrected chi connectivity index (χ4v) is 1.81. The van der Waals surface area contributed by atoms with Crippen LogP contribution in [0, 0.1) is 0 Å². The van der Waals surface area contributed by atoms with Crippen molar-refractivity contribution in [3.63, 3.8) is 0 Å². The van der Waals surface area contributed by atoms with Crippen LogP contribution in [0.3, 0.4) is 0 Å². The summed E-state index contributed by atoms with van der Waals surface area (Å²) in [4.78, 5) is 0. The molecule has 0 radical (unpaired) electrons. The smallest absolute Gasteiger partial charge is 0.0307 e. The summed E-state index contributed by atoms with van der Waals surface area (Å²) in [7, 11) is 0. The van der Waals surface area contributed by atoms with E-state index < -0.39 is 0 Å². The summed E-state index contributed by atoms with van der Waals surface area (Å²) in [6.07, 6.45) is 6.28. The van der Waals surface area contributed by atoms with Crippen molar-refractivity contribution >= 4 is 0 Å². The van der Waals surface area contributed by atoms with E-state index in [1.54, 1.807) is 0 Å². The third-order valence-corrected chi connectivity index (χ3v) is 3.50. The quantitative estimate of drug-likeness (QED) is 0.371. The van der Waals surface area contributed by atoms with Crippen LogP contribution in [0.4, 0.5) is 0 Å². The first-order chi connectivity index (χ1) is 14.8. The number of aryl methyl sites for hydroxylation is 2. The molecule has 0 nitrogen and oxygen atoms in total. The second kappa shape index (κ2) is 31.1. The van der Waals surface area contributed by atoms with Gasteiger partial charge in [0.25, 0.3) is 0 Å². The van der Waals surface area contributed by atoms with E-state index in [1.807, 2.05) is 102 Å². The minimum absolute atomic E-state index is 1.14. The average molecular weight is 407 g/mol. The van der Waals surface area contributed by atoms with Gasteiger partial charge in [-0.1, -0.05) is 151 Å². The van der Waals surface area contributed by atoms with Gasteiger partial charge in [-0.15, -0.1) is 0 Å². The number of rotatable bonds is 2. The molecule has 3 aromatic carbocycles. The molecule has 0 spiro atoms. The lowest BCUT2D eigenvalue weighted by atomic mass is 10.2. The van der Waals surface area contributed by atoms with Gasteiger partial charge in [0.1, 0.15) is 0 Å². The molecule has 0 atom stereocenters. The molecular weight excluding hydrogens is 360 g/mol. The van der Waals surface area contributed by atoms with Crippen molar-refractivity contribution < 1.29 is 0 Å². The van der Waals surface area contributed by atoms with E-state index in [2.05, 4.69) is 62.4 Å². The van der Waals surface area contributed by atoms with Crippen molar-refractivity contribution in [2.75, 3.05) is 0 Å². The molecule has 166 valence electrons. The van der Waals surface area contributed by atoms with Gasteiger partial charge in [0, 0.05) is 0 Å². The van der Waals surface area contributed by atoms with Crippen molar-refractivity contribution in [1.29, 1.82) is 0 Å². The van der Waals surface area contributed by atoms with Crippen molar-refractivity contribution in [2.24, 2.45) is 0 Å². The van der Waals surface area contributed by atoms with Crippen LogP contribution in [0.5, 0.6) is 0 Å². The zero-order chi connectivity index (χ0) is 23.3. The highest BCUT2D eigenvalue weighted by Crippen LogP contribution is 1.97. The SMILES string of the molecule is CC.CC.CC=CC.CCc1ccccc1.CCc1ccccc1.c1ccccc1. The second-order valence-electron chi connectivity index (χ2n) is 5.50. The molecule has 0 saturated carbocycles. The molecule has 0 aliphatic rings. The van der Waals surface area contributed by atoms with Crippen molar-refractivity contribution in [3.05, 3.63) is 120 Å². The third kappa shape index (κ3) is 25.4. The van der Waals surface area contributed by atoms with Crippen molar-refractivity contribution in [2.45, 2.75) is 68.2 Å². The Morgan fingerprint density at radius 2 is 0.633 bits per heavy atom. The van der Waals surface area contributed by atoms with Gasteiger partial charge in [0.05, 0.1) is 0 Å². The minimum atomic E-state index is 1.14. The molecule has 0 heterocycles. The van der Waals surface area contributed by atoms with Crippen LogP contribution < -0.4 is 0 Å². The van der Waals surface area contributed by atoms with Gasteiger partial charge in [0.2, 0.25) is 0 Å². The molecule has 0 aliphatic carbocycles. The first-order valence-corrected chi connectivity index (χ1v) is 11.4. The molecule has 3 aromatic rings. The molecule has 3 rings (SSSR count). The predicted octanol–water partition coefficient (Wildman–Crippen LogP) is 9.82. The zero-order valence-electron chi connectivity index (χ0n) is 20.8. The summed E-state index contributed by atoms with van der Waals surface area (Å²) in [5.41, 5.74) is 2.82. The molecule has 0 bridgehead atoms. The van der Waals surface area contributed by atoms with Gasteiger partial charge < -0.3 is 0 Å². The summed E-state index contributed by atoms with van der Waals surface area (Å²) in [5, 5.41) is 0. The summed E-state index contributed by atoms with van der Waals surface area (Å²) in [5.74, 6) is 0. The highest BCUT2D eigenvalue weighted by molar-refractivity contribution is 5.14. The molecule has 0 unspecified atom stereocenters. The summed E-state index contributed by atoms with van der Waals surface area (Å²) < 4.78 is 0. The van der Waals surface area contributed by atoms with Gasteiger partial charge in [-0.2, -0.15) is 0 Å². The second-order valence-corrected chi connectivity index (χ2v) is 5.50. The van der Waals surface area contributed by atoms with Gasteiger partial charge >= 0.3 is 0 Å². The average Bonchev–Trinajstić information content (AvgIpc) is 2.89. The maximum Gasteiger partial charge on any atom is -0.0307 e. The molecule has 0 N–H and O–H groups in total. The third-order valence-electron chi connectivity index (χ3n) is 3.50. The maximum atomic E-state index is 2.16. The van der Waals surface area contributed by atoms with Crippen LogP contribution in [0.25, 0.3) is 0 Å². The molecule has 0 aliphatic heterocycles. The van der Waals surface area contributed by atoms with Crippen LogP contribution in [0.1, 0.15) is 66.5 Å². The Morgan fingerprint density at radius 1 is 0.433 bits per heavy atom. The topological polar surface area (TPSA) is 0 Å². The number of allylic oxidation sites excluding steroid dienone is 2. The minimum Gasteiger partial charge on any atom is -0.0919 e. The van der Waals surface area contributed by atoms with E-state index in [0.717, 1.165) is 12.8 Å². The van der Waals surface area contributed by atoms with Crippen LogP contribution >= 0.6 is 0 Å². The molecular formula is C30H46. The molecule has 0 fully saturated rings. The van der Waals surface area contributed by atoms with Gasteiger partial charge in [-0.25, -0.2) is 0 Å². The fraction of sp³-hybridized carbons (Fsp3) is 0.333. The molecule has 0 heteroatoms. The predicted molar refractivity (Wildman–Crippen MR) is 141 cm³/mol. The largest absolute Gasteiger partial charge is 0.0919 e. The first-order valence-electron chi connectivity index (χ1n) is 11.4. The lowest BCUT2D eigenvalue weighted by Gasteiger charge is -1.89. The maximum absolute atomic E-state index is 2.16. The fourth-order valence-electron chi connectivity index (χ4n) is 1.81. The zero-order valence-corrected chi connectivity index (χ0v) is 20.8. The highest BCUT2D eigenvalue weighted by atomic mass is 13.9. The Labute approximate surface area is 188 Å². The van der Waals surface area contributed by atoms with E-state index >= 15 is 0 Å². The van der Waals surface area contributed by atoms with E-state index in [9.17, 15) is 0 Å². The molecule has 0 aromatic heterocycles. The van der Waals surface area contributed by atoms with Crippen LogP contribution in [0.15, 0.2) is 109 Å². The van der Waals surface area contributed by atoms with Gasteiger partial charge in [-0.3, -0.25) is 0 Å². The van der Waals surface area contributed by atoms with Crippen LogP contribution in [-0.2, 0) is 12.8 Å². The number of hydrogen-bond donors (Lipinski definition) is 0. The molecule has 30 heavy (non-hydrogen) atoms. The first kappa shape index (κ1) is 32.1. The normalized spacial score (nSPS) is 8.13. The highest BCUT2D eigenvalue weighted by Gasteiger charge is 1.80. The van der Waals surface area contributed by atoms with E-state index in [1.165, 1.54) is 11.1 Å². The Hall–Kier alpha value is -2.60. The van der Waals surface area contributed by atoms with Crippen molar-refractivity contribution in [1.82, 2.24) is 0 Å². The summed E-state index contributed by atoms with van der Waals surface area (Å²) >= 11 is 0. The molecule has 0 amide bonds. The number of hydrogen-bond acceptors (Lipinski definition) is 0. The summed E-state index contributed by atoms with van der Waals surface area (Å²) in [6, 6.07) is 32.9. The van der Waals surface area contributed by atoms with Gasteiger partial charge in [0.15, 0.2) is 0 Å². The van der Waals surface area contributed by atoms with Gasteiger partial charge in [-0.05, 0) is 37.8 Å².